The summed E-state index contributed by atoms with van der Waals surface area (Å²) >= 11 is 3.33. The van der Waals surface area contributed by atoms with Gasteiger partial charge in [0.2, 0.25) is 5.96 Å². The molecular weight excluding hydrogens is 326 g/mol. The summed E-state index contributed by atoms with van der Waals surface area (Å²) in [6.07, 6.45) is 0. The van der Waals surface area contributed by atoms with E-state index in [9.17, 15) is 4.79 Å². The van der Waals surface area contributed by atoms with Gasteiger partial charge in [-0.05, 0) is 47.5 Å². The van der Waals surface area contributed by atoms with Crippen molar-refractivity contribution in [2.75, 3.05) is 6.61 Å². The van der Waals surface area contributed by atoms with Crippen molar-refractivity contribution in [3.63, 3.8) is 0 Å². The van der Waals surface area contributed by atoms with Crippen LogP contribution in [0.15, 0.2) is 26.6 Å². The fourth-order valence-electron chi connectivity index (χ4n) is 1.48. The molecule has 20 heavy (non-hydrogen) atoms. The summed E-state index contributed by atoms with van der Waals surface area (Å²) in [4.78, 5) is 19.4. The summed E-state index contributed by atoms with van der Waals surface area (Å²) in [6.45, 7) is 3.84. The minimum Gasteiger partial charge on any atom is -0.462 e. The number of halogens is 1. The Hall–Kier alpha value is -2.09. The van der Waals surface area contributed by atoms with Gasteiger partial charge in [-0.1, -0.05) is 0 Å². The van der Waals surface area contributed by atoms with E-state index in [4.69, 9.17) is 21.9 Å². The molecule has 0 aliphatic heterocycles. The van der Waals surface area contributed by atoms with Crippen molar-refractivity contribution in [2.24, 2.45) is 27.2 Å². The Morgan fingerprint density at radius 1 is 1.35 bits per heavy atom. The van der Waals surface area contributed by atoms with Crippen molar-refractivity contribution in [2.45, 2.75) is 13.8 Å². The first kappa shape index (κ1) is 16.0. The van der Waals surface area contributed by atoms with Crippen LogP contribution in [0.5, 0.6) is 0 Å². The highest BCUT2D eigenvalue weighted by molar-refractivity contribution is 9.10. The fraction of sp³-hybridized carbons (Fsp3) is 0.250. The standard InChI is InChI=1S/C12H16BrN5O2/c1-3-20-10(19)7-4-6(2)9(8(13)5-7)17-12(16)18-11(14)15/h4-5H,3H2,1-2H3,(H6,14,15,16,17,18). The van der Waals surface area contributed by atoms with E-state index in [-0.39, 0.29) is 11.9 Å². The predicted molar refractivity (Wildman–Crippen MR) is 81.9 cm³/mol. The molecule has 1 aromatic carbocycles. The smallest absolute Gasteiger partial charge is 0.338 e. The average molecular weight is 342 g/mol. The van der Waals surface area contributed by atoms with E-state index < -0.39 is 5.97 Å². The number of hydrogen-bond acceptors (Lipinski definition) is 3. The maximum absolute atomic E-state index is 11.7. The Kier molecular flexibility index (Phi) is 5.51. The van der Waals surface area contributed by atoms with Gasteiger partial charge in [0.05, 0.1) is 17.9 Å². The zero-order chi connectivity index (χ0) is 15.3. The molecule has 0 spiro atoms. The fourth-order valence-corrected chi connectivity index (χ4v) is 2.13. The van der Waals surface area contributed by atoms with Gasteiger partial charge in [-0.3, -0.25) is 0 Å². The van der Waals surface area contributed by atoms with Crippen molar-refractivity contribution in [3.8, 4) is 0 Å². The number of nitrogens with zero attached hydrogens (tertiary/aromatic N) is 2. The van der Waals surface area contributed by atoms with Crippen LogP contribution in [0.3, 0.4) is 0 Å². The second-order valence-electron chi connectivity index (χ2n) is 3.85. The van der Waals surface area contributed by atoms with Crippen molar-refractivity contribution in [1.82, 2.24) is 0 Å². The van der Waals surface area contributed by atoms with Crippen LogP contribution in [0.1, 0.15) is 22.8 Å². The van der Waals surface area contributed by atoms with Crippen molar-refractivity contribution in [3.05, 3.63) is 27.7 Å². The van der Waals surface area contributed by atoms with Crippen LogP contribution in [0, 0.1) is 6.92 Å². The topological polar surface area (TPSA) is 129 Å². The van der Waals surface area contributed by atoms with Crippen LogP contribution in [0.2, 0.25) is 0 Å². The van der Waals surface area contributed by atoms with E-state index in [1.165, 1.54) is 0 Å². The molecule has 0 radical (unpaired) electrons. The Morgan fingerprint density at radius 3 is 2.50 bits per heavy atom. The van der Waals surface area contributed by atoms with Crippen LogP contribution >= 0.6 is 15.9 Å². The number of carbonyl (C=O) groups excluding carboxylic acids is 1. The van der Waals surface area contributed by atoms with Crippen LogP contribution in [0.25, 0.3) is 0 Å². The Labute approximate surface area is 125 Å². The first-order chi connectivity index (χ1) is 9.35. The maximum atomic E-state index is 11.7. The Morgan fingerprint density at radius 2 is 2.00 bits per heavy atom. The molecule has 7 nitrogen and oxygen atoms in total. The number of rotatable bonds is 3. The highest BCUT2D eigenvalue weighted by Gasteiger charge is 2.12. The molecule has 0 unspecified atom stereocenters. The number of aliphatic imine (C=N–C) groups is 2. The lowest BCUT2D eigenvalue weighted by molar-refractivity contribution is 0.0526. The van der Waals surface area contributed by atoms with Crippen molar-refractivity contribution < 1.29 is 9.53 Å². The van der Waals surface area contributed by atoms with Crippen LogP contribution < -0.4 is 17.2 Å². The molecule has 0 heterocycles. The summed E-state index contributed by atoms with van der Waals surface area (Å²) in [5.41, 5.74) is 17.7. The number of carbonyl (C=O) groups is 1. The molecule has 1 aromatic rings. The number of benzene rings is 1. The lowest BCUT2D eigenvalue weighted by atomic mass is 10.1. The minimum absolute atomic E-state index is 0.0716. The number of esters is 1. The van der Waals surface area contributed by atoms with Gasteiger partial charge in [-0.15, -0.1) is 0 Å². The predicted octanol–water partition coefficient (Wildman–Crippen LogP) is 1.15. The van der Waals surface area contributed by atoms with E-state index in [1.807, 2.05) is 0 Å². The molecular formula is C12H16BrN5O2. The third-order valence-electron chi connectivity index (χ3n) is 2.24. The van der Waals surface area contributed by atoms with E-state index in [0.29, 0.717) is 22.3 Å². The van der Waals surface area contributed by atoms with Crippen LogP contribution in [-0.2, 0) is 4.74 Å². The summed E-state index contributed by atoms with van der Waals surface area (Å²) in [7, 11) is 0. The molecule has 0 saturated carbocycles. The Bertz CT molecular complexity index is 556. The molecule has 0 aliphatic rings. The second kappa shape index (κ2) is 6.90. The first-order valence-corrected chi connectivity index (χ1v) is 6.55. The van der Waals surface area contributed by atoms with Gasteiger partial charge in [-0.25, -0.2) is 9.79 Å². The minimum atomic E-state index is -0.399. The molecule has 0 saturated heterocycles. The van der Waals surface area contributed by atoms with Gasteiger partial charge in [0.25, 0.3) is 0 Å². The SMILES string of the molecule is CCOC(=O)c1cc(C)c(N=C(N)N=C(N)N)c(Br)c1. The number of aryl methyl sites for hydroxylation is 1. The molecule has 0 fully saturated rings. The van der Waals surface area contributed by atoms with Gasteiger partial charge in [0.1, 0.15) is 0 Å². The van der Waals surface area contributed by atoms with Crippen LogP contribution in [-0.4, -0.2) is 24.5 Å². The van der Waals surface area contributed by atoms with Crippen molar-refractivity contribution in [1.29, 1.82) is 0 Å². The second-order valence-corrected chi connectivity index (χ2v) is 4.71. The van der Waals surface area contributed by atoms with Gasteiger partial charge >= 0.3 is 5.97 Å². The lowest BCUT2D eigenvalue weighted by Crippen LogP contribution is -2.26. The van der Waals surface area contributed by atoms with E-state index in [0.717, 1.165) is 5.56 Å². The summed E-state index contributed by atoms with van der Waals surface area (Å²) in [5.74, 6) is -0.648. The molecule has 0 aliphatic carbocycles. The molecule has 0 amide bonds. The first-order valence-electron chi connectivity index (χ1n) is 5.76. The number of ether oxygens (including phenoxy) is 1. The van der Waals surface area contributed by atoms with Gasteiger partial charge in [0, 0.05) is 4.47 Å². The monoisotopic (exact) mass is 341 g/mol. The molecule has 8 heteroatoms. The van der Waals surface area contributed by atoms with E-state index in [2.05, 4.69) is 25.9 Å². The van der Waals surface area contributed by atoms with Gasteiger partial charge in [0.15, 0.2) is 5.96 Å². The highest BCUT2D eigenvalue weighted by Crippen LogP contribution is 2.31. The molecule has 0 aromatic heterocycles. The third kappa shape index (κ3) is 4.23. The molecule has 6 N–H and O–H groups in total. The lowest BCUT2D eigenvalue weighted by Gasteiger charge is -2.08. The number of guanidine groups is 2. The normalized spacial score (nSPS) is 11.1. The largest absolute Gasteiger partial charge is 0.462 e. The zero-order valence-corrected chi connectivity index (χ0v) is 12.8. The molecule has 0 atom stereocenters. The van der Waals surface area contributed by atoms with E-state index >= 15 is 0 Å². The van der Waals surface area contributed by atoms with Gasteiger partial charge in [-0.2, -0.15) is 4.99 Å². The van der Waals surface area contributed by atoms with Crippen LogP contribution in [0.4, 0.5) is 5.69 Å². The average Bonchev–Trinajstić information content (AvgIpc) is 2.33. The Balaban J connectivity index is 3.19. The third-order valence-corrected chi connectivity index (χ3v) is 2.84. The number of nitrogens with two attached hydrogens (primary N) is 3. The maximum Gasteiger partial charge on any atom is 0.338 e. The summed E-state index contributed by atoms with van der Waals surface area (Å²) in [5, 5.41) is 0. The highest BCUT2D eigenvalue weighted by atomic mass is 79.9. The zero-order valence-electron chi connectivity index (χ0n) is 11.2. The van der Waals surface area contributed by atoms with Crippen molar-refractivity contribution >= 4 is 39.5 Å². The summed E-state index contributed by atoms with van der Waals surface area (Å²) < 4.78 is 5.53. The van der Waals surface area contributed by atoms with Gasteiger partial charge < -0.3 is 21.9 Å². The molecule has 108 valence electrons. The molecule has 0 bridgehead atoms. The summed E-state index contributed by atoms with van der Waals surface area (Å²) in [6, 6.07) is 3.26. The van der Waals surface area contributed by atoms with E-state index in [1.54, 1.807) is 26.0 Å². The quantitative estimate of drug-likeness (QED) is 0.431. The molecule has 1 rings (SSSR count). The number of hydrogen-bond donors (Lipinski definition) is 3.